The predicted molar refractivity (Wildman–Crippen MR) is 101 cm³/mol. The maximum Gasteiger partial charge on any atom is 0.252 e. The number of carbonyl (C=O) groups excluding carboxylic acids is 1. The lowest BCUT2D eigenvalue weighted by atomic mass is 10.1. The second-order valence-corrected chi connectivity index (χ2v) is 6.98. The smallest absolute Gasteiger partial charge is 0.252 e. The third kappa shape index (κ3) is 4.57. The number of methoxy groups -OCH3 is 1. The van der Waals surface area contributed by atoms with Crippen molar-refractivity contribution in [3.8, 4) is 11.5 Å². The zero-order valence-electron chi connectivity index (χ0n) is 16.3. The van der Waals surface area contributed by atoms with Gasteiger partial charge in [0.05, 0.1) is 13.2 Å². The van der Waals surface area contributed by atoms with Crippen molar-refractivity contribution in [2.24, 2.45) is 7.05 Å². The second kappa shape index (κ2) is 8.39. The van der Waals surface area contributed by atoms with Gasteiger partial charge in [-0.15, -0.1) is 10.2 Å². The van der Waals surface area contributed by atoms with Crippen molar-refractivity contribution in [2.75, 3.05) is 27.2 Å². The minimum Gasteiger partial charge on any atom is -0.493 e. The molecule has 2 heterocycles. The molecule has 0 saturated carbocycles. The third-order valence-corrected chi connectivity index (χ3v) is 4.87. The fraction of sp³-hybridized carbons (Fsp3) is 0.526. The number of benzene rings is 1. The van der Waals surface area contributed by atoms with Gasteiger partial charge in [0.15, 0.2) is 17.3 Å². The van der Waals surface area contributed by atoms with Crippen LogP contribution >= 0.6 is 0 Å². The SMILES string of the molecule is COc1cc(C(=O)NC(C)c2nncn2C)ccc1OC1CCN(C)CC1. The number of nitrogens with one attached hydrogen (secondary N) is 1. The summed E-state index contributed by atoms with van der Waals surface area (Å²) in [4.78, 5) is 14.9. The molecule has 1 saturated heterocycles. The maximum atomic E-state index is 12.6. The molecule has 1 amide bonds. The van der Waals surface area contributed by atoms with Crippen LogP contribution in [0, 0.1) is 0 Å². The van der Waals surface area contributed by atoms with E-state index in [1.807, 2.05) is 14.0 Å². The van der Waals surface area contributed by atoms with Crippen molar-refractivity contribution in [3.63, 3.8) is 0 Å². The number of likely N-dealkylation sites (tertiary alicyclic amines) is 1. The molecule has 1 atom stereocenters. The zero-order valence-corrected chi connectivity index (χ0v) is 16.3. The fourth-order valence-corrected chi connectivity index (χ4v) is 3.22. The van der Waals surface area contributed by atoms with Crippen molar-refractivity contribution in [1.29, 1.82) is 0 Å². The van der Waals surface area contributed by atoms with Crippen molar-refractivity contribution in [2.45, 2.75) is 31.9 Å². The lowest BCUT2D eigenvalue weighted by Gasteiger charge is -2.29. The van der Waals surface area contributed by atoms with E-state index in [2.05, 4.69) is 27.5 Å². The van der Waals surface area contributed by atoms with Gasteiger partial charge < -0.3 is 24.3 Å². The van der Waals surface area contributed by atoms with Crippen LogP contribution in [0.25, 0.3) is 0 Å². The van der Waals surface area contributed by atoms with E-state index in [0.29, 0.717) is 22.9 Å². The molecule has 0 spiro atoms. The van der Waals surface area contributed by atoms with Gasteiger partial charge in [0.1, 0.15) is 12.4 Å². The summed E-state index contributed by atoms with van der Waals surface area (Å²) in [5.41, 5.74) is 0.511. The Hall–Kier alpha value is -2.61. The lowest BCUT2D eigenvalue weighted by Crippen LogP contribution is -2.35. The van der Waals surface area contributed by atoms with Gasteiger partial charge in [0.2, 0.25) is 0 Å². The number of hydrogen-bond donors (Lipinski definition) is 1. The Kier molecular flexibility index (Phi) is 5.95. The number of amides is 1. The molecule has 146 valence electrons. The molecule has 8 nitrogen and oxygen atoms in total. The van der Waals surface area contributed by atoms with E-state index in [9.17, 15) is 4.79 Å². The van der Waals surface area contributed by atoms with Crippen molar-refractivity contribution < 1.29 is 14.3 Å². The Labute approximate surface area is 159 Å². The minimum absolute atomic E-state index is 0.172. The number of aryl methyl sites for hydroxylation is 1. The number of rotatable bonds is 6. The van der Waals surface area contributed by atoms with Crippen molar-refractivity contribution in [3.05, 3.63) is 35.9 Å². The molecule has 27 heavy (non-hydrogen) atoms. The van der Waals surface area contributed by atoms with Gasteiger partial charge in [-0.3, -0.25) is 4.79 Å². The van der Waals surface area contributed by atoms with E-state index in [-0.39, 0.29) is 18.1 Å². The van der Waals surface area contributed by atoms with E-state index < -0.39 is 0 Å². The highest BCUT2D eigenvalue weighted by Gasteiger charge is 2.21. The molecule has 2 aromatic rings. The van der Waals surface area contributed by atoms with Gasteiger partial charge >= 0.3 is 0 Å². The van der Waals surface area contributed by atoms with E-state index in [0.717, 1.165) is 25.9 Å². The van der Waals surface area contributed by atoms with Crippen LogP contribution in [-0.2, 0) is 7.05 Å². The summed E-state index contributed by atoms with van der Waals surface area (Å²) < 4.78 is 13.3. The number of ether oxygens (including phenoxy) is 2. The van der Waals surface area contributed by atoms with E-state index >= 15 is 0 Å². The van der Waals surface area contributed by atoms with E-state index in [1.54, 1.807) is 36.2 Å². The van der Waals surface area contributed by atoms with Gasteiger partial charge in [-0.25, -0.2) is 0 Å². The Morgan fingerprint density at radius 1 is 1.26 bits per heavy atom. The molecule has 0 bridgehead atoms. The third-order valence-electron chi connectivity index (χ3n) is 4.87. The van der Waals surface area contributed by atoms with Crippen LogP contribution in [0.4, 0.5) is 0 Å². The highest BCUT2D eigenvalue weighted by molar-refractivity contribution is 5.95. The van der Waals surface area contributed by atoms with Gasteiger partial charge in [0, 0.05) is 25.7 Å². The highest BCUT2D eigenvalue weighted by atomic mass is 16.5. The first kappa shape index (κ1) is 19.2. The maximum absolute atomic E-state index is 12.6. The Bertz CT molecular complexity index is 783. The van der Waals surface area contributed by atoms with Gasteiger partial charge in [-0.1, -0.05) is 0 Å². The van der Waals surface area contributed by atoms with Crippen LogP contribution in [-0.4, -0.2) is 58.9 Å². The summed E-state index contributed by atoms with van der Waals surface area (Å²) in [5, 5.41) is 10.8. The van der Waals surface area contributed by atoms with Crippen LogP contribution in [0.15, 0.2) is 24.5 Å². The molecule has 1 aliphatic heterocycles. The Morgan fingerprint density at radius 3 is 2.63 bits per heavy atom. The normalized spacial score (nSPS) is 16.7. The van der Waals surface area contributed by atoms with Crippen LogP contribution in [0.2, 0.25) is 0 Å². The lowest BCUT2D eigenvalue weighted by molar-refractivity contribution is 0.0936. The first-order valence-electron chi connectivity index (χ1n) is 9.16. The monoisotopic (exact) mass is 373 g/mol. The quantitative estimate of drug-likeness (QED) is 0.831. The van der Waals surface area contributed by atoms with Crippen molar-refractivity contribution >= 4 is 5.91 Å². The summed E-state index contributed by atoms with van der Waals surface area (Å²) in [6.07, 6.45) is 3.75. The molecule has 1 N–H and O–H groups in total. The number of aromatic nitrogens is 3. The number of carbonyl (C=O) groups is 1. The van der Waals surface area contributed by atoms with Crippen molar-refractivity contribution in [1.82, 2.24) is 25.0 Å². The minimum atomic E-state index is -0.258. The Balaban J connectivity index is 1.67. The topological polar surface area (TPSA) is 81.5 Å². The standard InChI is InChI=1S/C19H27N5O3/c1-13(18-22-20-12-24(18)3)21-19(25)14-5-6-16(17(11-14)26-4)27-15-7-9-23(2)10-8-15/h5-6,11-13,15H,7-10H2,1-4H3,(H,21,25). The molecule has 1 aliphatic rings. The molecule has 1 aromatic heterocycles. The molecule has 0 radical (unpaired) electrons. The summed E-state index contributed by atoms with van der Waals surface area (Å²) in [7, 11) is 5.54. The molecule has 1 fully saturated rings. The molecule has 1 unspecified atom stereocenters. The first-order chi connectivity index (χ1) is 13.0. The summed E-state index contributed by atoms with van der Waals surface area (Å²) in [5.74, 6) is 1.73. The molecule has 8 heteroatoms. The molecule has 1 aromatic carbocycles. The average molecular weight is 373 g/mol. The average Bonchev–Trinajstić information content (AvgIpc) is 3.10. The van der Waals surface area contributed by atoms with Gasteiger partial charge in [-0.05, 0) is 45.0 Å². The molecule has 3 rings (SSSR count). The fourth-order valence-electron chi connectivity index (χ4n) is 3.22. The highest BCUT2D eigenvalue weighted by Crippen LogP contribution is 2.30. The largest absolute Gasteiger partial charge is 0.493 e. The van der Waals surface area contributed by atoms with E-state index in [1.165, 1.54) is 0 Å². The van der Waals surface area contributed by atoms with Gasteiger partial charge in [0.25, 0.3) is 5.91 Å². The summed E-state index contributed by atoms with van der Waals surface area (Å²) in [6.45, 7) is 3.91. The van der Waals surface area contributed by atoms with Crippen LogP contribution in [0.3, 0.4) is 0 Å². The number of nitrogens with zero attached hydrogens (tertiary/aromatic N) is 4. The summed E-state index contributed by atoms with van der Waals surface area (Å²) in [6, 6.07) is 5.01. The van der Waals surface area contributed by atoms with Crippen LogP contribution in [0.5, 0.6) is 11.5 Å². The Morgan fingerprint density at radius 2 is 2.00 bits per heavy atom. The van der Waals surface area contributed by atoms with Crippen LogP contribution in [0.1, 0.15) is 42.0 Å². The summed E-state index contributed by atoms with van der Waals surface area (Å²) >= 11 is 0. The van der Waals surface area contributed by atoms with Gasteiger partial charge in [-0.2, -0.15) is 0 Å². The zero-order chi connectivity index (χ0) is 19.4. The second-order valence-electron chi connectivity index (χ2n) is 6.98. The first-order valence-corrected chi connectivity index (χ1v) is 9.16. The molecular formula is C19H27N5O3. The number of hydrogen-bond acceptors (Lipinski definition) is 6. The van der Waals surface area contributed by atoms with Crippen LogP contribution < -0.4 is 14.8 Å². The number of piperidine rings is 1. The molecule has 0 aliphatic carbocycles. The molecular weight excluding hydrogens is 346 g/mol. The van der Waals surface area contributed by atoms with E-state index in [4.69, 9.17) is 9.47 Å². The predicted octanol–water partition coefficient (Wildman–Crippen LogP) is 1.79.